The predicted octanol–water partition coefficient (Wildman–Crippen LogP) is 15.2. The molecule has 0 unspecified atom stereocenters. The third-order valence-electron chi connectivity index (χ3n) is 12.0. The fourth-order valence-electron chi connectivity index (χ4n) is 9.35. The Labute approximate surface area is 335 Å². The zero-order valence-corrected chi connectivity index (χ0v) is 31.5. The van der Waals surface area contributed by atoms with E-state index < -0.39 is 0 Å². The Morgan fingerprint density at radius 3 is 1.43 bits per heavy atom. The molecule has 0 fully saturated rings. The molecule has 2 heteroatoms. The first-order chi connectivity index (χ1) is 28.8. The summed E-state index contributed by atoms with van der Waals surface area (Å²) < 4.78 is 0. The molecule has 58 heavy (non-hydrogen) atoms. The summed E-state index contributed by atoms with van der Waals surface area (Å²) in [4.78, 5) is 10.1. The first kappa shape index (κ1) is 32.6. The number of para-hydroxylation sites is 1. The molecular formula is C56H34N2. The van der Waals surface area contributed by atoms with Crippen molar-refractivity contribution in [1.82, 2.24) is 9.97 Å². The van der Waals surface area contributed by atoms with Gasteiger partial charge in [0.2, 0.25) is 0 Å². The molecule has 0 N–H and O–H groups in total. The van der Waals surface area contributed by atoms with Gasteiger partial charge in [0.15, 0.2) is 5.82 Å². The highest BCUT2D eigenvalue weighted by Crippen LogP contribution is 2.43. The molecule has 11 aromatic carbocycles. The van der Waals surface area contributed by atoms with Crippen LogP contribution in [0.25, 0.3) is 120 Å². The Morgan fingerprint density at radius 2 is 0.759 bits per heavy atom. The Hall–Kier alpha value is -7.68. The van der Waals surface area contributed by atoms with Gasteiger partial charge in [0.1, 0.15) is 0 Å². The number of fused-ring (bicyclic) bond motifs is 7. The topological polar surface area (TPSA) is 25.8 Å². The van der Waals surface area contributed by atoms with Gasteiger partial charge in [-0.3, -0.25) is 0 Å². The van der Waals surface area contributed by atoms with Gasteiger partial charge in [-0.1, -0.05) is 194 Å². The number of benzene rings is 10. The number of hydrogen-bond donors (Lipinski definition) is 0. The summed E-state index contributed by atoms with van der Waals surface area (Å²) in [6, 6.07) is 74.8. The van der Waals surface area contributed by atoms with Crippen molar-refractivity contribution >= 4 is 75.5 Å². The van der Waals surface area contributed by atoms with Gasteiger partial charge < -0.3 is 0 Å². The molecule has 0 bridgehead atoms. The second-order valence-corrected chi connectivity index (χ2v) is 15.2. The minimum absolute atomic E-state index is 0.723. The predicted molar refractivity (Wildman–Crippen MR) is 246 cm³/mol. The summed E-state index contributed by atoms with van der Waals surface area (Å²) in [5, 5.41) is 16.3. The van der Waals surface area contributed by atoms with E-state index in [0.717, 1.165) is 39.1 Å². The van der Waals surface area contributed by atoms with Crippen molar-refractivity contribution in [1.29, 1.82) is 0 Å². The van der Waals surface area contributed by atoms with Crippen LogP contribution in [0.1, 0.15) is 0 Å². The standard InChI is InChI=1S/C56H34N2/c1-2-12-38(13-3-1)55-50-20-8-9-23-52(50)57-56(58-55)39-28-24-35(25-29-39)41-32-33-42(44-17-5-4-16-43(41)44)40-30-31-47-49-22-11-15-37-27-26-36-14-10-21-48(53(36)54(37)49)45-18-6-7-19-46(45)51(47)34-40/h1-34H. The van der Waals surface area contributed by atoms with Crippen molar-refractivity contribution in [2.45, 2.75) is 0 Å². The van der Waals surface area contributed by atoms with Gasteiger partial charge in [-0.15, -0.1) is 0 Å². The van der Waals surface area contributed by atoms with E-state index >= 15 is 0 Å². The molecule has 12 aromatic rings. The lowest BCUT2D eigenvalue weighted by atomic mass is 9.88. The molecule has 1 aromatic heterocycles. The fraction of sp³-hybridized carbons (Fsp3) is 0. The van der Waals surface area contributed by atoms with Gasteiger partial charge in [0.25, 0.3) is 0 Å². The van der Waals surface area contributed by atoms with Crippen LogP contribution in [-0.2, 0) is 0 Å². The van der Waals surface area contributed by atoms with Crippen LogP contribution in [0.15, 0.2) is 206 Å². The van der Waals surface area contributed by atoms with Crippen LogP contribution in [0.3, 0.4) is 0 Å². The third-order valence-corrected chi connectivity index (χ3v) is 12.0. The molecule has 0 spiro atoms. The summed E-state index contributed by atoms with van der Waals surface area (Å²) in [7, 11) is 0. The average Bonchev–Trinajstić information content (AvgIpc) is 3.30. The van der Waals surface area contributed by atoms with Gasteiger partial charge in [-0.25, -0.2) is 9.97 Å². The number of hydrogen-bond acceptors (Lipinski definition) is 2. The summed E-state index contributed by atoms with van der Waals surface area (Å²) >= 11 is 0. The summed E-state index contributed by atoms with van der Waals surface area (Å²) in [5.74, 6) is 0.723. The first-order valence-electron chi connectivity index (χ1n) is 19.9. The van der Waals surface area contributed by atoms with Crippen LogP contribution in [0.2, 0.25) is 0 Å². The smallest absolute Gasteiger partial charge is 0.160 e. The molecule has 0 aliphatic carbocycles. The second-order valence-electron chi connectivity index (χ2n) is 15.2. The van der Waals surface area contributed by atoms with Crippen molar-refractivity contribution in [3.63, 3.8) is 0 Å². The van der Waals surface area contributed by atoms with E-state index in [2.05, 4.69) is 194 Å². The molecule has 12 rings (SSSR count). The van der Waals surface area contributed by atoms with Crippen LogP contribution in [0.4, 0.5) is 0 Å². The monoisotopic (exact) mass is 734 g/mol. The maximum Gasteiger partial charge on any atom is 0.160 e. The fourth-order valence-corrected chi connectivity index (χ4v) is 9.35. The van der Waals surface area contributed by atoms with Gasteiger partial charge in [0.05, 0.1) is 11.2 Å². The molecule has 2 nitrogen and oxygen atoms in total. The van der Waals surface area contributed by atoms with Gasteiger partial charge in [0, 0.05) is 16.5 Å². The highest BCUT2D eigenvalue weighted by atomic mass is 14.9. The summed E-state index contributed by atoms with van der Waals surface area (Å²) in [5.41, 5.74) is 8.73. The van der Waals surface area contributed by atoms with Crippen LogP contribution < -0.4 is 0 Å². The van der Waals surface area contributed by atoms with E-state index in [1.165, 1.54) is 81.3 Å². The lowest BCUT2D eigenvalue weighted by molar-refractivity contribution is 1.23. The van der Waals surface area contributed by atoms with Crippen LogP contribution in [0.5, 0.6) is 0 Å². The van der Waals surface area contributed by atoms with Crippen molar-refractivity contribution in [3.05, 3.63) is 206 Å². The molecule has 0 amide bonds. The Balaban J connectivity index is 1.01. The maximum absolute atomic E-state index is 5.12. The normalized spacial score (nSPS) is 11.8. The van der Waals surface area contributed by atoms with Crippen LogP contribution in [0, 0.1) is 0 Å². The molecule has 0 aliphatic rings. The SMILES string of the molecule is c1ccc(-c2nc(-c3ccc(-c4ccc(-c5ccc6c(c5)c5ccccc5c5cccc7ccc8cccc6c8c75)c5ccccc45)cc3)nc3ccccc23)cc1. The van der Waals surface area contributed by atoms with E-state index in [9.17, 15) is 0 Å². The second kappa shape index (κ2) is 12.9. The van der Waals surface area contributed by atoms with Crippen molar-refractivity contribution in [2.75, 3.05) is 0 Å². The molecular weight excluding hydrogens is 701 g/mol. The Kier molecular flexibility index (Phi) is 7.26. The van der Waals surface area contributed by atoms with E-state index in [-0.39, 0.29) is 0 Å². The quantitative estimate of drug-likeness (QED) is 0.168. The molecule has 268 valence electrons. The molecule has 0 aliphatic heterocycles. The first-order valence-corrected chi connectivity index (χ1v) is 19.9. The zero-order valence-electron chi connectivity index (χ0n) is 31.5. The average molecular weight is 735 g/mol. The van der Waals surface area contributed by atoms with Gasteiger partial charge in [-0.05, 0) is 99.0 Å². The third kappa shape index (κ3) is 5.05. The van der Waals surface area contributed by atoms with Gasteiger partial charge in [-0.2, -0.15) is 0 Å². The van der Waals surface area contributed by atoms with E-state index in [0.29, 0.717) is 0 Å². The van der Waals surface area contributed by atoms with E-state index in [1.807, 2.05) is 12.1 Å². The molecule has 0 radical (unpaired) electrons. The molecule has 1 heterocycles. The summed E-state index contributed by atoms with van der Waals surface area (Å²) in [6.45, 7) is 0. The van der Waals surface area contributed by atoms with E-state index in [1.54, 1.807) is 0 Å². The maximum atomic E-state index is 5.12. The van der Waals surface area contributed by atoms with Crippen molar-refractivity contribution in [3.8, 4) is 44.9 Å². The highest BCUT2D eigenvalue weighted by molar-refractivity contribution is 6.33. The van der Waals surface area contributed by atoms with E-state index in [4.69, 9.17) is 9.97 Å². The highest BCUT2D eigenvalue weighted by Gasteiger charge is 2.16. The minimum atomic E-state index is 0.723. The molecule has 0 saturated carbocycles. The largest absolute Gasteiger partial charge is 0.228 e. The molecule has 0 saturated heterocycles. The number of aromatic nitrogens is 2. The zero-order chi connectivity index (χ0) is 38.2. The van der Waals surface area contributed by atoms with Crippen LogP contribution >= 0.6 is 0 Å². The lowest BCUT2D eigenvalue weighted by Gasteiger charge is -2.15. The number of rotatable bonds is 4. The Bertz CT molecular complexity index is 3610. The number of nitrogens with zero attached hydrogens (tertiary/aromatic N) is 2. The lowest BCUT2D eigenvalue weighted by Crippen LogP contribution is -1.95. The van der Waals surface area contributed by atoms with Crippen molar-refractivity contribution in [2.24, 2.45) is 0 Å². The van der Waals surface area contributed by atoms with Crippen molar-refractivity contribution < 1.29 is 0 Å². The Morgan fingerprint density at radius 1 is 0.259 bits per heavy atom. The van der Waals surface area contributed by atoms with Gasteiger partial charge >= 0.3 is 0 Å². The minimum Gasteiger partial charge on any atom is -0.228 e. The van der Waals surface area contributed by atoms with Crippen LogP contribution in [-0.4, -0.2) is 9.97 Å². The molecule has 0 atom stereocenters. The summed E-state index contributed by atoms with van der Waals surface area (Å²) in [6.07, 6.45) is 0.